The van der Waals surface area contributed by atoms with Crippen LogP contribution in [-0.4, -0.2) is 0 Å². The fraction of sp³-hybridized carbons (Fsp3) is 0.0909. The van der Waals surface area contributed by atoms with Crippen LogP contribution in [0, 0.1) is 0 Å². The van der Waals surface area contributed by atoms with Crippen molar-refractivity contribution in [3.63, 3.8) is 0 Å². The Morgan fingerprint density at radius 2 is 0.913 bits per heavy atom. The number of fused-ring (bicyclic) bond motifs is 1. The number of rotatable bonds is 0. The Morgan fingerprint density at radius 1 is 0.522 bits per heavy atom. The van der Waals surface area contributed by atoms with E-state index in [9.17, 15) is 0 Å². The molecule has 0 saturated carbocycles. The van der Waals surface area contributed by atoms with Crippen LogP contribution in [0.4, 0.5) is 0 Å². The minimum absolute atomic E-state index is 0.349. The molecular weight excluding hydrogens is 280 g/mol. The third-order valence-electron chi connectivity index (χ3n) is 5.54. The van der Waals surface area contributed by atoms with E-state index in [4.69, 9.17) is 4.42 Å². The van der Waals surface area contributed by atoms with Crippen LogP contribution >= 0.6 is 0 Å². The standard InChI is InChI=1S/C22H14O/c1-2-6-16-15(5-1)21-17-7-3-4-8-18(17)22(16)20-10-14-12-23-11-13(14)9-19(20)21/h1-12,21-22H. The van der Waals surface area contributed by atoms with E-state index in [-0.39, 0.29) is 0 Å². The van der Waals surface area contributed by atoms with Gasteiger partial charge >= 0.3 is 0 Å². The van der Waals surface area contributed by atoms with Crippen LogP contribution in [0.15, 0.2) is 77.6 Å². The molecule has 3 aliphatic rings. The predicted molar refractivity (Wildman–Crippen MR) is 91.0 cm³/mol. The Labute approximate surface area is 134 Å². The largest absolute Gasteiger partial charge is 0.471 e. The maximum atomic E-state index is 5.43. The molecule has 4 aromatic rings. The minimum Gasteiger partial charge on any atom is -0.471 e. The molecule has 0 aliphatic heterocycles. The number of furan rings is 1. The molecule has 3 aliphatic carbocycles. The van der Waals surface area contributed by atoms with Crippen LogP contribution in [0.25, 0.3) is 10.8 Å². The maximum absolute atomic E-state index is 5.43. The van der Waals surface area contributed by atoms with Crippen LogP contribution in [0.5, 0.6) is 0 Å². The third kappa shape index (κ3) is 1.34. The molecule has 1 heterocycles. The van der Waals surface area contributed by atoms with Crippen molar-refractivity contribution in [1.82, 2.24) is 0 Å². The molecule has 108 valence electrons. The second-order valence-corrected chi connectivity index (χ2v) is 6.61. The predicted octanol–water partition coefficient (Wildman–Crippen LogP) is 5.42. The maximum Gasteiger partial charge on any atom is 0.0981 e. The van der Waals surface area contributed by atoms with Gasteiger partial charge in [-0.1, -0.05) is 48.5 Å². The molecule has 0 unspecified atom stereocenters. The summed E-state index contributed by atoms with van der Waals surface area (Å²) in [6, 6.07) is 22.5. The number of hydrogen-bond donors (Lipinski definition) is 0. The second-order valence-electron chi connectivity index (χ2n) is 6.61. The molecule has 0 N–H and O–H groups in total. The quantitative estimate of drug-likeness (QED) is 0.364. The van der Waals surface area contributed by atoms with Gasteiger partial charge in [0.15, 0.2) is 0 Å². The summed E-state index contributed by atoms with van der Waals surface area (Å²) in [6.45, 7) is 0. The van der Waals surface area contributed by atoms with E-state index >= 15 is 0 Å². The summed E-state index contributed by atoms with van der Waals surface area (Å²) in [5, 5.41) is 2.40. The van der Waals surface area contributed by atoms with Gasteiger partial charge in [0, 0.05) is 22.6 Å². The SMILES string of the molecule is c1ccc2c(c1)C1c3ccccc3C2c2cc3cocc3cc21. The van der Waals surface area contributed by atoms with Gasteiger partial charge in [0.1, 0.15) is 0 Å². The van der Waals surface area contributed by atoms with E-state index in [1.807, 2.05) is 12.5 Å². The van der Waals surface area contributed by atoms with Crippen molar-refractivity contribution in [2.45, 2.75) is 11.8 Å². The van der Waals surface area contributed by atoms with Gasteiger partial charge in [-0.15, -0.1) is 0 Å². The second kappa shape index (κ2) is 3.94. The van der Waals surface area contributed by atoms with Crippen molar-refractivity contribution in [1.29, 1.82) is 0 Å². The summed E-state index contributed by atoms with van der Waals surface area (Å²) < 4.78 is 5.43. The van der Waals surface area contributed by atoms with Gasteiger partial charge in [0.25, 0.3) is 0 Å². The third-order valence-corrected chi connectivity index (χ3v) is 5.54. The summed E-state index contributed by atoms with van der Waals surface area (Å²) >= 11 is 0. The molecule has 2 bridgehead atoms. The number of hydrogen-bond acceptors (Lipinski definition) is 1. The molecular formula is C22H14O. The lowest BCUT2D eigenvalue weighted by Gasteiger charge is -2.42. The molecule has 1 heteroatoms. The smallest absolute Gasteiger partial charge is 0.0981 e. The van der Waals surface area contributed by atoms with Gasteiger partial charge in [-0.2, -0.15) is 0 Å². The Balaban J connectivity index is 1.78. The first kappa shape index (κ1) is 11.7. The summed E-state index contributed by atoms with van der Waals surface area (Å²) in [5.41, 5.74) is 8.75. The van der Waals surface area contributed by atoms with Crippen molar-refractivity contribution in [2.75, 3.05) is 0 Å². The van der Waals surface area contributed by atoms with Crippen molar-refractivity contribution in [3.8, 4) is 0 Å². The zero-order valence-electron chi connectivity index (χ0n) is 12.5. The van der Waals surface area contributed by atoms with Gasteiger partial charge in [0.2, 0.25) is 0 Å². The summed E-state index contributed by atoms with van der Waals surface area (Å²) in [5.74, 6) is 0.698. The lowest BCUT2D eigenvalue weighted by atomic mass is 9.61. The summed E-state index contributed by atoms with van der Waals surface area (Å²) in [4.78, 5) is 0. The molecule has 0 atom stereocenters. The number of benzene rings is 3. The van der Waals surface area contributed by atoms with Crippen LogP contribution in [-0.2, 0) is 0 Å². The summed E-state index contributed by atoms with van der Waals surface area (Å²) in [6.07, 6.45) is 3.71. The topological polar surface area (TPSA) is 13.1 Å². The van der Waals surface area contributed by atoms with E-state index in [0.717, 1.165) is 0 Å². The average molecular weight is 294 g/mol. The lowest BCUT2D eigenvalue weighted by Crippen LogP contribution is -2.27. The normalized spacial score (nSPS) is 20.2. The van der Waals surface area contributed by atoms with Crippen LogP contribution in [0.2, 0.25) is 0 Å². The van der Waals surface area contributed by atoms with Crippen molar-refractivity contribution in [3.05, 3.63) is 107 Å². The van der Waals surface area contributed by atoms with E-state index < -0.39 is 0 Å². The fourth-order valence-corrected chi connectivity index (χ4v) is 4.63. The van der Waals surface area contributed by atoms with Gasteiger partial charge in [-0.05, 0) is 45.5 Å². The Morgan fingerprint density at radius 3 is 1.30 bits per heavy atom. The Kier molecular flexibility index (Phi) is 2.01. The molecule has 23 heavy (non-hydrogen) atoms. The summed E-state index contributed by atoms with van der Waals surface area (Å²) in [7, 11) is 0. The average Bonchev–Trinajstić information content (AvgIpc) is 3.06. The molecule has 0 spiro atoms. The van der Waals surface area contributed by atoms with Gasteiger partial charge in [-0.25, -0.2) is 0 Å². The van der Waals surface area contributed by atoms with Gasteiger partial charge in [-0.3, -0.25) is 0 Å². The zero-order valence-corrected chi connectivity index (χ0v) is 12.5. The highest BCUT2D eigenvalue weighted by Gasteiger charge is 2.40. The highest BCUT2D eigenvalue weighted by Crippen LogP contribution is 2.56. The highest BCUT2D eigenvalue weighted by atomic mass is 16.3. The van der Waals surface area contributed by atoms with E-state index in [0.29, 0.717) is 11.8 Å². The van der Waals surface area contributed by atoms with Gasteiger partial charge in [0.05, 0.1) is 12.5 Å². The van der Waals surface area contributed by atoms with E-state index in [1.165, 1.54) is 44.2 Å². The van der Waals surface area contributed by atoms with E-state index in [2.05, 4.69) is 60.7 Å². The molecule has 0 fully saturated rings. The lowest BCUT2D eigenvalue weighted by molar-refractivity contribution is 0.572. The van der Waals surface area contributed by atoms with Crippen molar-refractivity contribution >= 4 is 10.8 Å². The highest BCUT2D eigenvalue weighted by molar-refractivity contribution is 5.85. The molecule has 1 aromatic heterocycles. The first-order valence-electron chi connectivity index (χ1n) is 8.09. The minimum atomic E-state index is 0.349. The molecule has 7 rings (SSSR count). The monoisotopic (exact) mass is 294 g/mol. The van der Waals surface area contributed by atoms with Crippen LogP contribution < -0.4 is 0 Å². The van der Waals surface area contributed by atoms with Crippen molar-refractivity contribution < 1.29 is 4.42 Å². The fourth-order valence-electron chi connectivity index (χ4n) is 4.63. The van der Waals surface area contributed by atoms with E-state index in [1.54, 1.807) is 0 Å². The Bertz CT molecular complexity index is 955. The van der Waals surface area contributed by atoms with Crippen LogP contribution in [0.3, 0.4) is 0 Å². The molecule has 3 aromatic carbocycles. The molecule has 0 amide bonds. The van der Waals surface area contributed by atoms with Gasteiger partial charge < -0.3 is 4.42 Å². The first-order valence-corrected chi connectivity index (χ1v) is 8.09. The van der Waals surface area contributed by atoms with Crippen molar-refractivity contribution in [2.24, 2.45) is 0 Å². The Hall–Kier alpha value is -2.80. The molecule has 0 radical (unpaired) electrons. The van der Waals surface area contributed by atoms with Crippen LogP contribution in [0.1, 0.15) is 45.2 Å². The molecule has 1 nitrogen and oxygen atoms in total. The molecule has 0 saturated heterocycles. The zero-order chi connectivity index (χ0) is 15.0. The first-order chi connectivity index (χ1) is 11.4.